The number of nitrogens with one attached hydrogen (secondary N) is 1. The molecule has 1 N–H and O–H groups in total. The molecule has 0 bridgehead atoms. The first-order chi connectivity index (χ1) is 13.6. The molecule has 4 rings (SSSR count). The number of methoxy groups -OCH3 is 2. The van der Waals surface area contributed by atoms with Crippen molar-refractivity contribution >= 4 is 22.6 Å². The number of rotatable bonds is 4. The van der Waals surface area contributed by atoms with E-state index in [1.807, 2.05) is 48.5 Å². The Morgan fingerprint density at radius 3 is 2.46 bits per heavy atom. The molecule has 142 valence electrons. The number of carbonyl (C=O) groups excluding carboxylic acids is 2. The highest BCUT2D eigenvalue weighted by atomic mass is 16.5. The molecule has 1 aliphatic rings. The van der Waals surface area contributed by atoms with Crippen LogP contribution in [0.15, 0.2) is 54.6 Å². The van der Waals surface area contributed by atoms with E-state index in [1.54, 1.807) is 13.2 Å². The Bertz CT molecular complexity index is 1070. The Morgan fingerprint density at radius 2 is 1.68 bits per heavy atom. The van der Waals surface area contributed by atoms with Crippen LogP contribution in [0.5, 0.6) is 5.75 Å². The number of fused-ring (bicyclic) bond motifs is 2. The van der Waals surface area contributed by atoms with Gasteiger partial charge in [0.2, 0.25) is 0 Å². The molecule has 0 unspecified atom stereocenters. The second kappa shape index (κ2) is 7.35. The van der Waals surface area contributed by atoms with Gasteiger partial charge >= 0.3 is 5.97 Å². The first-order valence-electron chi connectivity index (χ1n) is 9.19. The third-order valence-electron chi connectivity index (χ3n) is 5.26. The van der Waals surface area contributed by atoms with Crippen molar-refractivity contribution in [2.24, 2.45) is 0 Å². The van der Waals surface area contributed by atoms with Crippen molar-refractivity contribution < 1.29 is 19.1 Å². The molecule has 0 spiro atoms. The Labute approximate surface area is 163 Å². The summed E-state index contributed by atoms with van der Waals surface area (Å²) in [6, 6.07) is 16.8. The molecule has 1 amide bonds. The highest BCUT2D eigenvalue weighted by Crippen LogP contribution is 2.32. The van der Waals surface area contributed by atoms with Crippen LogP contribution in [0, 0.1) is 0 Å². The zero-order chi connectivity index (χ0) is 19.7. The standard InChI is InChI=1S/C23H21NO4/c1-27-19-9-7-15-11-17(5-4-16(15)12-19)22(25)24-21-10-8-14-3-6-18(13-20(14)21)23(26)28-2/h3-7,9,11-13,21H,8,10H2,1-2H3,(H,24,25)/t21-/m1/s1. The van der Waals surface area contributed by atoms with E-state index in [4.69, 9.17) is 9.47 Å². The minimum Gasteiger partial charge on any atom is -0.497 e. The van der Waals surface area contributed by atoms with E-state index in [0.29, 0.717) is 11.1 Å². The first-order valence-corrected chi connectivity index (χ1v) is 9.19. The third-order valence-corrected chi connectivity index (χ3v) is 5.26. The van der Waals surface area contributed by atoms with Crippen LogP contribution in [-0.4, -0.2) is 26.1 Å². The lowest BCUT2D eigenvalue weighted by Crippen LogP contribution is -2.27. The Hall–Kier alpha value is -3.34. The summed E-state index contributed by atoms with van der Waals surface area (Å²) in [6.07, 6.45) is 1.69. The first kappa shape index (κ1) is 18.0. The Balaban J connectivity index is 1.57. The monoisotopic (exact) mass is 375 g/mol. The van der Waals surface area contributed by atoms with E-state index in [2.05, 4.69) is 5.32 Å². The maximum atomic E-state index is 12.8. The van der Waals surface area contributed by atoms with E-state index in [1.165, 1.54) is 7.11 Å². The molecule has 1 aliphatic carbocycles. The zero-order valence-electron chi connectivity index (χ0n) is 15.8. The van der Waals surface area contributed by atoms with Gasteiger partial charge in [0.15, 0.2) is 0 Å². The minimum atomic E-state index is -0.371. The van der Waals surface area contributed by atoms with Gasteiger partial charge in [-0.3, -0.25) is 4.79 Å². The van der Waals surface area contributed by atoms with Crippen molar-refractivity contribution in [1.29, 1.82) is 0 Å². The van der Waals surface area contributed by atoms with Gasteiger partial charge in [0.1, 0.15) is 5.75 Å². The summed E-state index contributed by atoms with van der Waals surface area (Å²) < 4.78 is 10.0. The van der Waals surface area contributed by atoms with Crippen molar-refractivity contribution in [1.82, 2.24) is 5.32 Å². The van der Waals surface area contributed by atoms with Gasteiger partial charge in [-0.25, -0.2) is 4.79 Å². The van der Waals surface area contributed by atoms with E-state index in [9.17, 15) is 9.59 Å². The zero-order valence-corrected chi connectivity index (χ0v) is 15.8. The fraction of sp³-hybridized carbons (Fsp3) is 0.217. The highest BCUT2D eigenvalue weighted by Gasteiger charge is 2.25. The van der Waals surface area contributed by atoms with Crippen molar-refractivity contribution in [3.63, 3.8) is 0 Å². The van der Waals surface area contributed by atoms with Gasteiger partial charge in [-0.05, 0) is 71.1 Å². The number of hydrogen-bond acceptors (Lipinski definition) is 4. The summed E-state index contributed by atoms with van der Waals surface area (Å²) in [5.41, 5.74) is 3.25. The normalized spacial score (nSPS) is 15.1. The van der Waals surface area contributed by atoms with E-state index < -0.39 is 0 Å². The number of amides is 1. The molecule has 0 fully saturated rings. The van der Waals surface area contributed by atoms with Gasteiger partial charge < -0.3 is 14.8 Å². The number of hydrogen-bond donors (Lipinski definition) is 1. The average Bonchev–Trinajstić information content (AvgIpc) is 3.14. The van der Waals surface area contributed by atoms with Crippen LogP contribution < -0.4 is 10.1 Å². The van der Waals surface area contributed by atoms with Crippen molar-refractivity contribution in [2.45, 2.75) is 18.9 Å². The third kappa shape index (κ3) is 3.31. The SMILES string of the molecule is COC(=O)c1ccc2c(c1)[C@H](NC(=O)c1ccc3cc(OC)ccc3c1)CC2. The molecule has 5 heteroatoms. The predicted molar refractivity (Wildman–Crippen MR) is 107 cm³/mol. The maximum Gasteiger partial charge on any atom is 0.337 e. The molecule has 5 nitrogen and oxygen atoms in total. The molecular weight excluding hydrogens is 354 g/mol. The van der Waals surface area contributed by atoms with Crippen LogP contribution in [0.25, 0.3) is 10.8 Å². The molecular formula is C23H21NO4. The predicted octanol–water partition coefficient (Wildman–Crippen LogP) is 4.05. The number of ether oxygens (including phenoxy) is 2. The topological polar surface area (TPSA) is 64.6 Å². The van der Waals surface area contributed by atoms with E-state index in [0.717, 1.165) is 40.5 Å². The summed E-state index contributed by atoms with van der Waals surface area (Å²) in [6.45, 7) is 0. The summed E-state index contributed by atoms with van der Waals surface area (Å²) in [5.74, 6) is 0.289. The molecule has 3 aromatic carbocycles. The smallest absolute Gasteiger partial charge is 0.337 e. The lowest BCUT2D eigenvalue weighted by molar-refractivity contribution is 0.0600. The van der Waals surface area contributed by atoms with Gasteiger partial charge in [0.05, 0.1) is 25.8 Å². The second-order valence-corrected chi connectivity index (χ2v) is 6.90. The summed E-state index contributed by atoms with van der Waals surface area (Å²) in [4.78, 5) is 24.6. The maximum absolute atomic E-state index is 12.8. The quantitative estimate of drug-likeness (QED) is 0.699. The van der Waals surface area contributed by atoms with Crippen LogP contribution in [0.1, 0.15) is 44.3 Å². The fourth-order valence-electron chi connectivity index (χ4n) is 3.73. The number of benzene rings is 3. The summed E-state index contributed by atoms with van der Waals surface area (Å²) in [5, 5.41) is 5.11. The van der Waals surface area contributed by atoms with Gasteiger partial charge in [-0.1, -0.05) is 18.2 Å². The van der Waals surface area contributed by atoms with E-state index >= 15 is 0 Å². The van der Waals surface area contributed by atoms with Gasteiger partial charge in [0.25, 0.3) is 5.91 Å². The van der Waals surface area contributed by atoms with Crippen molar-refractivity contribution in [3.05, 3.63) is 76.9 Å². The van der Waals surface area contributed by atoms with Crippen LogP contribution in [0.2, 0.25) is 0 Å². The van der Waals surface area contributed by atoms with Crippen LogP contribution >= 0.6 is 0 Å². The molecule has 1 atom stereocenters. The van der Waals surface area contributed by atoms with Crippen LogP contribution in [-0.2, 0) is 11.2 Å². The molecule has 0 radical (unpaired) electrons. The van der Waals surface area contributed by atoms with E-state index in [-0.39, 0.29) is 17.9 Å². The number of esters is 1. The fourth-order valence-corrected chi connectivity index (χ4v) is 3.73. The van der Waals surface area contributed by atoms with Crippen LogP contribution in [0.4, 0.5) is 0 Å². The van der Waals surface area contributed by atoms with Gasteiger partial charge in [-0.2, -0.15) is 0 Å². The lowest BCUT2D eigenvalue weighted by atomic mass is 10.0. The van der Waals surface area contributed by atoms with Gasteiger partial charge in [-0.15, -0.1) is 0 Å². The molecule has 0 aromatic heterocycles. The van der Waals surface area contributed by atoms with Crippen molar-refractivity contribution in [3.8, 4) is 5.75 Å². The van der Waals surface area contributed by atoms with Gasteiger partial charge in [0, 0.05) is 5.56 Å². The van der Waals surface area contributed by atoms with Crippen LogP contribution in [0.3, 0.4) is 0 Å². The molecule has 28 heavy (non-hydrogen) atoms. The molecule has 3 aromatic rings. The highest BCUT2D eigenvalue weighted by molar-refractivity contribution is 5.99. The lowest BCUT2D eigenvalue weighted by Gasteiger charge is -2.15. The summed E-state index contributed by atoms with van der Waals surface area (Å²) >= 11 is 0. The molecule has 0 saturated heterocycles. The second-order valence-electron chi connectivity index (χ2n) is 6.90. The minimum absolute atomic E-state index is 0.112. The summed E-state index contributed by atoms with van der Waals surface area (Å²) in [7, 11) is 3.00. The average molecular weight is 375 g/mol. The number of carbonyl (C=O) groups is 2. The largest absolute Gasteiger partial charge is 0.497 e. The van der Waals surface area contributed by atoms with Crippen molar-refractivity contribution in [2.75, 3.05) is 14.2 Å². The number of aryl methyl sites for hydroxylation is 1. The molecule has 0 aliphatic heterocycles. The Morgan fingerprint density at radius 1 is 0.929 bits per heavy atom. The molecule has 0 heterocycles. The Kier molecular flexibility index (Phi) is 4.74. The molecule has 0 saturated carbocycles.